The summed E-state index contributed by atoms with van der Waals surface area (Å²) >= 11 is 0. The van der Waals surface area contributed by atoms with Crippen molar-refractivity contribution >= 4 is 13.3 Å². The lowest BCUT2D eigenvalue weighted by atomic mass is 10.0. The largest absolute Gasteiger partial charge is 0.504 e. The second-order valence-corrected chi connectivity index (χ2v) is 8.91. The molecule has 0 spiro atoms. The molecule has 7 nitrogen and oxygen atoms in total. The van der Waals surface area contributed by atoms with Gasteiger partial charge in [-0.3, -0.25) is 9.55 Å². The minimum Gasteiger partial charge on any atom is -0.504 e. The molecule has 0 radical (unpaired) electrons. The summed E-state index contributed by atoms with van der Waals surface area (Å²) in [6.07, 6.45) is 0.104. The topological polar surface area (TPSA) is 89.9 Å². The van der Waals surface area contributed by atoms with Gasteiger partial charge < -0.3 is 24.2 Å². The summed E-state index contributed by atoms with van der Waals surface area (Å²) in [4.78, 5) is 4.49. The van der Waals surface area contributed by atoms with Gasteiger partial charge in [0.05, 0.1) is 43.9 Å². The van der Waals surface area contributed by atoms with Crippen LogP contribution in [0.1, 0.15) is 42.4 Å². The Balaban J connectivity index is 2.48. The number of methoxy groups -OCH3 is 1. The molecule has 0 fully saturated rings. The zero-order valence-corrected chi connectivity index (χ0v) is 18.9. The van der Waals surface area contributed by atoms with E-state index in [2.05, 4.69) is 10.3 Å². The molecule has 0 aliphatic carbocycles. The van der Waals surface area contributed by atoms with Crippen LogP contribution >= 0.6 is 7.60 Å². The van der Waals surface area contributed by atoms with E-state index in [9.17, 15) is 9.67 Å². The molecule has 1 aromatic heterocycles. The average molecular weight is 422 g/mol. The Kier molecular flexibility index (Phi) is 8.08. The quantitative estimate of drug-likeness (QED) is 0.512. The van der Waals surface area contributed by atoms with Gasteiger partial charge in [-0.25, -0.2) is 0 Å². The van der Waals surface area contributed by atoms with Gasteiger partial charge in [0.25, 0.3) is 0 Å². The van der Waals surface area contributed by atoms with Gasteiger partial charge in [-0.2, -0.15) is 0 Å². The van der Waals surface area contributed by atoms with Crippen molar-refractivity contribution in [3.8, 4) is 11.5 Å². The molecular formula is C21H31N2O5P. The predicted octanol–water partition coefficient (Wildman–Crippen LogP) is 5.14. The van der Waals surface area contributed by atoms with Crippen molar-refractivity contribution in [2.24, 2.45) is 0 Å². The third kappa shape index (κ3) is 5.95. The lowest BCUT2D eigenvalue weighted by Gasteiger charge is -2.26. The summed E-state index contributed by atoms with van der Waals surface area (Å²) in [7, 11) is -1.84. The number of nitrogens with zero attached hydrogens (tertiary/aromatic N) is 1. The minimum atomic E-state index is -3.35. The molecule has 1 aromatic carbocycles. The van der Waals surface area contributed by atoms with Crippen LogP contribution in [-0.2, 0) is 13.6 Å². The van der Waals surface area contributed by atoms with E-state index in [1.165, 1.54) is 7.11 Å². The van der Waals surface area contributed by atoms with E-state index in [-0.39, 0.29) is 25.1 Å². The summed E-state index contributed by atoms with van der Waals surface area (Å²) in [5.74, 6) is 0.439. The summed E-state index contributed by atoms with van der Waals surface area (Å²) in [6.45, 7) is 9.81. The van der Waals surface area contributed by atoms with Crippen LogP contribution in [0.4, 0.5) is 5.69 Å². The van der Waals surface area contributed by atoms with Crippen molar-refractivity contribution < 1.29 is 23.5 Å². The van der Waals surface area contributed by atoms with E-state index in [0.717, 1.165) is 28.2 Å². The van der Waals surface area contributed by atoms with E-state index < -0.39 is 13.6 Å². The van der Waals surface area contributed by atoms with Gasteiger partial charge in [0.15, 0.2) is 11.5 Å². The lowest BCUT2D eigenvalue weighted by Crippen LogP contribution is -2.18. The summed E-state index contributed by atoms with van der Waals surface area (Å²) in [5.41, 5.74) is 4.08. The predicted molar refractivity (Wildman–Crippen MR) is 115 cm³/mol. The normalized spacial score (nSPS) is 12.6. The van der Waals surface area contributed by atoms with Gasteiger partial charge in [0.1, 0.15) is 0 Å². The Bertz CT molecular complexity index is 854. The van der Waals surface area contributed by atoms with E-state index >= 15 is 0 Å². The molecule has 0 saturated heterocycles. The van der Waals surface area contributed by atoms with Gasteiger partial charge >= 0.3 is 7.60 Å². The summed E-state index contributed by atoms with van der Waals surface area (Å²) in [6, 6.07) is 6.93. The van der Waals surface area contributed by atoms with Crippen molar-refractivity contribution in [2.75, 3.05) is 31.8 Å². The molecule has 1 atom stereocenters. The van der Waals surface area contributed by atoms with Gasteiger partial charge in [-0.05, 0) is 63.9 Å². The first-order valence-electron chi connectivity index (χ1n) is 9.69. The zero-order valence-electron chi connectivity index (χ0n) is 18.0. The van der Waals surface area contributed by atoms with Gasteiger partial charge in [-0.15, -0.1) is 0 Å². The maximum Gasteiger partial charge on any atom is 0.333 e. The van der Waals surface area contributed by atoms with Crippen molar-refractivity contribution in [1.29, 1.82) is 0 Å². The first-order chi connectivity index (χ1) is 13.7. The number of pyridine rings is 1. The number of rotatable bonds is 10. The maximum atomic E-state index is 13.2. The zero-order chi connectivity index (χ0) is 21.6. The number of nitrogens with one attached hydrogen (secondary N) is 1. The van der Waals surface area contributed by atoms with Crippen molar-refractivity contribution in [3.05, 3.63) is 46.8 Å². The monoisotopic (exact) mass is 422 g/mol. The fraction of sp³-hybridized carbons (Fsp3) is 0.476. The number of anilines is 1. The summed E-state index contributed by atoms with van der Waals surface area (Å²) < 4.78 is 29.5. The number of ether oxygens (including phenoxy) is 1. The van der Waals surface area contributed by atoms with Crippen molar-refractivity contribution in [1.82, 2.24) is 4.98 Å². The van der Waals surface area contributed by atoms with Crippen LogP contribution in [0, 0.1) is 20.8 Å². The number of hydrogen-bond acceptors (Lipinski definition) is 7. The number of phenols is 1. The van der Waals surface area contributed by atoms with E-state index in [1.807, 2.05) is 39.0 Å². The van der Waals surface area contributed by atoms with E-state index in [4.69, 9.17) is 13.8 Å². The molecule has 2 N–H and O–H groups in total. The Morgan fingerprint density at radius 3 is 2.31 bits per heavy atom. The smallest absolute Gasteiger partial charge is 0.333 e. The average Bonchev–Trinajstić information content (AvgIpc) is 2.63. The van der Waals surface area contributed by atoms with E-state index in [1.54, 1.807) is 19.9 Å². The minimum absolute atomic E-state index is 0.0238. The molecule has 160 valence electrons. The highest BCUT2D eigenvalue weighted by Crippen LogP contribution is 2.51. The number of aromatic nitrogens is 1. The first kappa shape index (κ1) is 23.2. The molecule has 1 heterocycles. The molecule has 8 heteroatoms. The highest BCUT2D eigenvalue weighted by atomic mass is 31.2. The Labute approximate surface area is 173 Å². The molecule has 2 rings (SSSR count). The highest BCUT2D eigenvalue weighted by Gasteiger charge is 2.30. The van der Waals surface area contributed by atoms with Crippen LogP contribution in [-0.4, -0.2) is 36.6 Å². The fourth-order valence-electron chi connectivity index (χ4n) is 3.27. The van der Waals surface area contributed by atoms with Gasteiger partial charge in [0, 0.05) is 5.69 Å². The van der Waals surface area contributed by atoms with Crippen LogP contribution in [0.15, 0.2) is 24.3 Å². The Morgan fingerprint density at radius 2 is 1.79 bits per heavy atom. The highest BCUT2D eigenvalue weighted by molar-refractivity contribution is 7.53. The second kappa shape index (κ2) is 10.1. The van der Waals surface area contributed by atoms with E-state index in [0.29, 0.717) is 5.75 Å². The first-order valence-corrected chi connectivity index (χ1v) is 11.4. The molecule has 0 aliphatic rings. The lowest BCUT2D eigenvalue weighted by molar-refractivity contribution is 0.219. The standard InChI is InChI=1S/C21H31N2O5P/c1-7-27-29(25,28-8-2)13-19(23-18-10-9-15(4)22-16(18)5)17-11-14(3)21(26-6)20(24)12-17/h9-12,19,23-24H,7-8,13H2,1-6H3. The fourth-order valence-corrected chi connectivity index (χ4v) is 5.09. The van der Waals surface area contributed by atoms with Crippen LogP contribution in [0.3, 0.4) is 0 Å². The second-order valence-electron chi connectivity index (χ2n) is 6.80. The van der Waals surface area contributed by atoms with Crippen molar-refractivity contribution in [2.45, 2.75) is 40.7 Å². The molecule has 0 saturated carbocycles. The van der Waals surface area contributed by atoms with Crippen molar-refractivity contribution in [3.63, 3.8) is 0 Å². The summed E-state index contributed by atoms with van der Waals surface area (Å²) in [5, 5.41) is 13.8. The molecule has 0 amide bonds. The number of benzene rings is 1. The molecular weight excluding hydrogens is 391 g/mol. The maximum absolute atomic E-state index is 13.2. The molecule has 1 unspecified atom stereocenters. The van der Waals surface area contributed by atoms with Gasteiger partial charge in [-0.1, -0.05) is 6.07 Å². The molecule has 0 bridgehead atoms. The number of aryl methyl sites for hydroxylation is 3. The third-order valence-corrected chi connectivity index (χ3v) is 6.61. The van der Waals surface area contributed by atoms with Crippen LogP contribution < -0.4 is 10.1 Å². The SMILES string of the molecule is CCOP(=O)(CC(Nc1ccc(C)nc1C)c1cc(C)c(OC)c(O)c1)OCC. The van der Waals surface area contributed by atoms with Crippen LogP contribution in [0.2, 0.25) is 0 Å². The van der Waals surface area contributed by atoms with Crippen LogP contribution in [0.25, 0.3) is 0 Å². The molecule has 0 aliphatic heterocycles. The molecule has 29 heavy (non-hydrogen) atoms. The Hall–Kier alpha value is -2.08. The third-order valence-electron chi connectivity index (χ3n) is 4.50. The number of hydrogen-bond donors (Lipinski definition) is 2. The molecule has 2 aromatic rings. The Morgan fingerprint density at radius 1 is 1.14 bits per heavy atom. The number of aromatic hydroxyl groups is 1. The van der Waals surface area contributed by atoms with Crippen LogP contribution in [0.5, 0.6) is 11.5 Å². The number of phenolic OH excluding ortho intramolecular Hbond substituents is 1. The van der Waals surface area contributed by atoms with Gasteiger partial charge in [0.2, 0.25) is 0 Å².